The second-order valence-electron chi connectivity index (χ2n) is 16.5. The van der Waals surface area contributed by atoms with Gasteiger partial charge in [-0.1, -0.05) is 27.7 Å². The first-order chi connectivity index (χ1) is 23.4. The summed E-state index contributed by atoms with van der Waals surface area (Å²) < 4.78 is 37.2. The van der Waals surface area contributed by atoms with Crippen molar-refractivity contribution in [1.82, 2.24) is 4.90 Å². The highest BCUT2D eigenvalue weighted by Gasteiger charge is 2.53. The minimum Gasteiger partial charge on any atom is -0.459 e. The van der Waals surface area contributed by atoms with Gasteiger partial charge in [-0.3, -0.25) is 4.79 Å². The van der Waals surface area contributed by atoms with Gasteiger partial charge in [0.05, 0.1) is 47.6 Å². The maximum absolute atomic E-state index is 14.1. The first-order valence-corrected chi connectivity index (χ1v) is 18.5. The van der Waals surface area contributed by atoms with Crippen molar-refractivity contribution in [2.45, 2.75) is 179 Å². The molecule has 3 saturated heterocycles. The smallest absolute Gasteiger partial charge is 0.311 e. The SMILES string of the molecule is CCC1OC(=O)C(C)C(OC2CC(C)(OC)C(O)C(C)O2)C(C)C(OC2OC(C)CC(N(C)C)C2O)C(C)(O)CC(C)C(=N)C(C)C(O)C1(C)O. The number of ether oxygens (including phenoxy) is 6. The third-order valence-corrected chi connectivity index (χ3v) is 11.9. The summed E-state index contributed by atoms with van der Waals surface area (Å²) in [7, 11) is 5.21. The number of hydrogen-bond acceptors (Lipinski definition) is 14. The van der Waals surface area contributed by atoms with Crippen LogP contribution >= 0.6 is 0 Å². The van der Waals surface area contributed by atoms with Crippen molar-refractivity contribution in [3.05, 3.63) is 0 Å². The van der Waals surface area contributed by atoms with Crippen LogP contribution < -0.4 is 0 Å². The van der Waals surface area contributed by atoms with Gasteiger partial charge in [-0.05, 0) is 80.8 Å². The number of carbonyl (C=O) groups excluding carboxylic acids is 1. The van der Waals surface area contributed by atoms with Crippen molar-refractivity contribution < 1.29 is 58.7 Å². The normalized spacial score (nSPS) is 49.7. The molecule has 0 radical (unpaired) electrons. The molecule has 0 aromatic carbocycles. The number of methoxy groups -OCH3 is 1. The van der Waals surface area contributed by atoms with Crippen LogP contribution in [-0.2, 0) is 33.2 Å². The van der Waals surface area contributed by atoms with Gasteiger partial charge in [-0.15, -0.1) is 0 Å². The maximum atomic E-state index is 14.1. The molecule has 0 aromatic heterocycles. The average molecular weight is 733 g/mol. The van der Waals surface area contributed by atoms with E-state index in [2.05, 4.69) is 0 Å². The molecule has 14 heteroatoms. The van der Waals surface area contributed by atoms with Crippen LogP contribution in [0.3, 0.4) is 0 Å². The van der Waals surface area contributed by atoms with E-state index < -0.39 is 102 Å². The number of likely N-dealkylation sites (N-methyl/N-ethyl adjacent to an activating group) is 1. The lowest BCUT2D eigenvalue weighted by molar-refractivity contribution is -0.317. The number of cyclic esters (lactones) is 1. The number of nitrogens with zero attached hydrogens (tertiary/aromatic N) is 1. The van der Waals surface area contributed by atoms with Crippen molar-refractivity contribution in [3.63, 3.8) is 0 Å². The standard InChI is InChI=1S/C37H68N2O12/c1-14-25-37(10,45)30(41)20(4)27(38)18(2)16-35(8,44)32(51-34-28(40)24(39(11)12)15-19(3)47-34)21(5)29(22(6)33(43)49-25)50-26-17-36(9,46-13)31(42)23(7)48-26/h18-26,28-32,34,38,40-42,44-45H,14-17H2,1-13H3. The van der Waals surface area contributed by atoms with Crippen LogP contribution in [0.4, 0.5) is 0 Å². The second kappa shape index (κ2) is 17.0. The Balaban J connectivity index is 2.18. The van der Waals surface area contributed by atoms with Gasteiger partial charge in [0.15, 0.2) is 12.6 Å². The van der Waals surface area contributed by atoms with E-state index in [0.29, 0.717) is 6.42 Å². The molecular weight excluding hydrogens is 664 g/mol. The molecule has 18 atom stereocenters. The summed E-state index contributed by atoms with van der Waals surface area (Å²) >= 11 is 0. The molecule has 18 unspecified atom stereocenters. The van der Waals surface area contributed by atoms with Crippen molar-refractivity contribution in [3.8, 4) is 0 Å². The Morgan fingerprint density at radius 1 is 0.922 bits per heavy atom. The van der Waals surface area contributed by atoms with Crippen LogP contribution in [0.25, 0.3) is 0 Å². The molecule has 0 saturated carbocycles. The van der Waals surface area contributed by atoms with Crippen molar-refractivity contribution in [2.24, 2.45) is 23.7 Å². The first-order valence-electron chi connectivity index (χ1n) is 18.5. The van der Waals surface area contributed by atoms with Crippen LogP contribution in [0.5, 0.6) is 0 Å². The lowest BCUT2D eigenvalue weighted by Gasteiger charge is -2.49. The summed E-state index contributed by atoms with van der Waals surface area (Å²) in [6.45, 7) is 16.8. The molecular formula is C37H68N2O12. The Hall–Kier alpha value is -1.30. The fourth-order valence-electron chi connectivity index (χ4n) is 8.43. The lowest BCUT2D eigenvalue weighted by Crippen LogP contribution is -2.61. The number of carbonyl (C=O) groups is 1. The molecule has 3 rings (SSSR count). The zero-order valence-electron chi connectivity index (χ0n) is 33.0. The summed E-state index contributed by atoms with van der Waals surface area (Å²) in [5, 5.41) is 66.9. The summed E-state index contributed by atoms with van der Waals surface area (Å²) in [6, 6.07) is -0.304. The molecule has 51 heavy (non-hydrogen) atoms. The Morgan fingerprint density at radius 2 is 1.53 bits per heavy atom. The number of aliphatic hydroxyl groups is 5. The highest BCUT2D eigenvalue weighted by Crippen LogP contribution is 2.40. The molecule has 3 aliphatic rings. The molecule has 0 aliphatic carbocycles. The van der Waals surface area contributed by atoms with Crippen LogP contribution in [0.2, 0.25) is 0 Å². The number of esters is 1. The van der Waals surface area contributed by atoms with E-state index in [4.69, 9.17) is 33.8 Å². The zero-order valence-corrected chi connectivity index (χ0v) is 33.0. The topological polar surface area (TPSA) is 201 Å². The Kier molecular flexibility index (Phi) is 14.7. The molecule has 3 aliphatic heterocycles. The van der Waals surface area contributed by atoms with Crippen molar-refractivity contribution >= 4 is 11.7 Å². The van der Waals surface area contributed by atoms with Gasteiger partial charge in [0, 0.05) is 37.1 Å². The van der Waals surface area contributed by atoms with Gasteiger partial charge >= 0.3 is 5.97 Å². The third-order valence-electron chi connectivity index (χ3n) is 11.9. The van der Waals surface area contributed by atoms with Crippen LogP contribution in [-0.4, -0.2) is 148 Å². The van der Waals surface area contributed by atoms with Crippen molar-refractivity contribution in [2.75, 3.05) is 21.2 Å². The molecule has 0 bridgehead atoms. The molecule has 3 fully saturated rings. The lowest BCUT2D eigenvalue weighted by atomic mass is 9.73. The van der Waals surface area contributed by atoms with Gasteiger partial charge in [0.1, 0.15) is 23.9 Å². The fourth-order valence-corrected chi connectivity index (χ4v) is 8.43. The Labute approximate surface area is 304 Å². The summed E-state index contributed by atoms with van der Waals surface area (Å²) in [4.78, 5) is 16.0. The zero-order chi connectivity index (χ0) is 39.0. The van der Waals surface area contributed by atoms with Gasteiger partial charge in [0.25, 0.3) is 0 Å². The Morgan fingerprint density at radius 3 is 2.08 bits per heavy atom. The van der Waals surface area contributed by atoms with Crippen LogP contribution in [0, 0.1) is 29.1 Å². The van der Waals surface area contributed by atoms with Gasteiger partial charge in [0.2, 0.25) is 0 Å². The largest absolute Gasteiger partial charge is 0.459 e. The molecule has 6 N–H and O–H groups in total. The molecule has 0 spiro atoms. The molecule has 0 amide bonds. The van der Waals surface area contributed by atoms with E-state index in [1.807, 2.05) is 25.9 Å². The van der Waals surface area contributed by atoms with E-state index in [1.165, 1.54) is 14.0 Å². The maximum Gasteiger partial charge on any atom is 0.311 e. The van der Waals surface area contributed by atoms with E-state index >= 15 is 0 Å². The minimum absolute atomic E-state index is 0.0107. The number of nitrogens with one attached hydrogen (secondary N) is 1. The predicted molar refractivity (Wildman–Crippen MR) is 189 cm³/mol. The Bertz CT molecular complexity index is 1170. The van der Waals surface area contributed by atoms with E-state index in [-0.39, 0.29) is 37.1 Å². The van der Waals surface area contributed by atoms with Gasteiger partial charge in [-0.25, -0.2) is 0 Å². The predicted octanol–water partition coefficient (Wildman–Crippen LogP) is 2.24. The second-order valence-corrected chi connectivity index (χ2v) is 16.5. The monoisotopic (exact) mass is 732 g/mol. The van der Waals surface area contributed by atoms with Crippen LogP contribution in [0.1, 0.15) is 94.9 Å². The third kappa shape index (κ3) is 9.51. The van der Waals surface area contributed by atoms with Crippen molar-refractivity contribution in [1.29, 1.82) is 5.41 Å². The average Bonchev–Trinajstić information content (AvgIpc) is 3.05. The molecule has 298 valence electrons. The van der Waals surface area contributed by atoms with E-state index in [1.54, 1.807) is 55.4 Å². The first kappa shape index (κ1) is 44.1. The highest BCUT2D eigenvalue weighted by molar-refractivity contribution is 5.86. The summed E-state index contributed by atoms with van der Waals surface area (Å²) in [5.74, 6) is -4.02. The summed E-state index contributed by atoms with van der Waals surface area (Å²) in [5.41, 5.74) is -4.58. The number of aliphatic hydroxyl groups excluding tert-OH is 3. The quantitative estimate of drug-likeness (QED) is 0.209. The molecule has 0 aromatic rings. The van der Waals surface area contributed by atoms with E-state index in [0.717, 1.165) is 0 Å². The fraction of sp³-hybridized carbons (Fsp3) is 0.946. The minimum atomic E-state index is -1.91. The van der Waals surface area contributed by atoms with Crippen LogP contribution in [0.15, 0.2) is 0 Å². The molecule has 14 nitrogen and oxygen atoms in total. The van der Waals surface area contributed by atoms with Gasteiger partial charge in [-0.2, -0.15) is 0 Å². The number of rotatable bonds is 7. The number of hydrogen-bond donors (Lipinski definition) is 6. The molecule has 3 heterocycles. The van der Waals surface area contributed by atoms with Gasteiger partial charge < -0.3 is 64.3 Å². The van der Waals surface area contributed by atoms with E-state index in [9.17, 15) is 30.3 Å². The highest BCUT2D eigenvalue weighted by atomic mass is 16.7. The summed E-state index contributed by atoms with van der Waals surface area (Å²) in [6.07, 6.45) is -9.12.